The molecule has 0 amide bonds. The largest absolute Gasteiger partial charge is 1.00 e. The summed E-state index contributed by atoms with van der Waals surface area (Å²) in [4.78, 5) is 0. The minimum Gasteiger partial charge on any atom is -1.00 e. The molecule has 0 aliphatic heterocycles. The maximum Gasteiger partial charge on any atom is 0.184 e. The second kappa shape index (κ2) is 12.6. The van der Waals surface area contributed by atoms with Gasteiger partial charge in [-0.25, -0.2) is 0 Å². The van der Waals surface area contributed by atoms with Gasteiger partial charge >= 0.3 is 0 Å². The van der Waals surface area contributed by atoms with Gasteiger partial charge in [0.25, 0.3) is 0 Å². The van der Waals surface area contributed by atoms with Gasteiger partial charge in [0.05, 0.1) is 12.3 Å². The van der Waals surface area contributed by atoms with Crippen LogP contribution in [0.5, 0.6) is 0 Å². The van der Waals surface area contributed by atoms with Gasteiger partial charge in [-0.05, 0) is 62.0 Å². The van der Waals surface area contributed by atoms with Gasteiger partial charge in [0.2, 0.25) is 0 Å². The molecule has 3 atom stereocenters. The molecule has 0 saturated carbocycles. The van der Waals surface area contributed by atoms with E-state index in [0.717, 1.165) is 12.6 Å². The molecule has 178 valence electrons. The molecule has 0 aliphatic rings. The van der Waals surface area contributed by atoms with E-state index in [1.165, 1.54) is 15.9 Å². The van der Waals surface area contributed by atoms with Gasteiger partial charge in [-0.1, -0.05) is 81.8 Å². The molecule has 3 aromatic rings. The van der Waals surface area contributed by atoms with Crippen LogP contribution in [0.15, 0.2) is 91.0 Å². The zero-order valence-electron chi connectivity index (χ0n) is 21.0. The van der Waals surface area contributed by atoms with Crippen molar-refractivity contribution < 1.29 is 28.4 Å². The summed E-state index contributed by atoms with van der Waals surface area (Å²) in [5.41, 5.74) is 0. The van der Waals surface area contributed by atoms with E-state index >= 15 is 0 Å². The van der Waals surface area contributed by atoms with Crippen molar-refractivity contribution in [2.24, 2.45) is 11.8 Å². The molecular weight excluding hydrogens is 550 g/mol. The fourth-order valence-electron chi connectivity index (χ4n) is 4.78. The van der Waals surface area contributed by atoms with E-state index in [1.54, 1.807) is 0 Å². The van der Waals surface area contributed by atoms with E-state index in [0.29, 0.717) is 11.8 Å². The Morgan fingerprint density at radius 1 is 0.667 bits per heavy atom. The fourth-order valence-corrected chi connectivity index (χ4v) is 10.7. The van der Waals surface area contributed by atoms with Gasteiger partial charge in [-0.3, -0.25) is 0 Å². The van der Waals surface area contributed by atoms with Crippen molar-refractivity contribution in [2.45, 2.75) is 52.9 Å². The van der Waals surface area contributed by atoms with Crippen LogP contribution in [-0.2, 0) is 4.43 Å². The molecule has 0 radical (unpaired) electrons. The van der Waals surface area contributed by atoms with E-state index in [1.807, 2.05) is 0 Å². The van der Waals surface area contributed by atoms with Crippen LogP contribution in [0.4, 0.5) is 0 Å². The van der Waals surface area contributed by atoms with E-state index in [9.17, 15) is 0 Å². The maximum atomic E-state index is 6.86. The predicted molar refractivity (Wildman–Crippen MR) is 147 cm³/mol. The van der Waals surface area contributed by atoms with Crippen LogP contribution in [0.2, 0.25) is 19.6 Å². The summed E-state index contributed by atoms with van der Waals surface area (Å²) >= 11 is 0. The topological polar surface area (TPSA) is 9.23 Å². The van der Waals surface area contributed by atoms with Crippen LogP contribution in [0.3, 0.4) is 0 Å². The average Bonchev–Trinajstić information content (AvgIpc) is 2.81. The molecule has 33 heavy (non-hydrogen) atoms. The van der Waals surface area contributed by atoms with Crippen molar-refractivity contribution in [3.8, 4) is 0 Å². The van der Waals surface area contributed by atoms with Crippen molar-refractivity contribution in [1.29, 1.82) is 0 Å². The molecule has 3 unspecified atom stereocenters. The first-order valence-corrected chi connectivity index (χ1v) is 17.4. The lowest BCUT2D eigenvalue weighted by Crippen LogP contribution is -3.00. The monoisotopic (exact) mass is 590 g/mol. The summed E-state index contributed by atoms with van der Waals surface area (Å²) in [7, 11) is -3.51. The van der Waals surface area contributed by atoms with Crippen LogP contribution < -0.4 is 39.9 Å². The Kier molecular flexibility index (Phi) is 10.8. The molecule has 4 heteroatoms. The van der Waals surface area contributed by atoms with Crippen LogP contribution in [0, 0.1) is 11.8 Å². The van der Waals surface area contributed by atoms with E-state index in [-0.39, 0.29) is 30.1 Å². The lowest BCUT2D eigenvalue weighted by atomic mass is 9.93. The van der Waals surface area contributed by atoms with Crippen LogP contribution in [0.25, 0.3) is 0 Å². The molecule has 0 aromatic heterocycles. The SMILES string of the molecule is CCC(C)C(O[Si](C)(C)C)C(C)C[P+](c1ccccc1)(c1ccccc1)c1ccccc1.[I-]. The molecule has 3 rings (SSSR count). The Morgan fingerprint density at radius 3 is 1.33 bits per heavy atom. The maximum absolute atomic E-state index is 6.86. The summed E-state index contributed by atoms with van der Waals surface area (Å²) in [6.45, 7) is 14.1. The molecule has 0 heterocycles. The standard InChI is InChI=1S/C29H40OPSi.HI/c1-7-24(2)29(30-32(4,5)6)25(3)23-31(26-17-11-8-12-18-26,27-19-13-9-14-20-27)28-21-15-10-16-22-28;/h8-22,24-25,29H,7,23H2,1-6H3;1H/q+1;/p-1. The molecular formula is C29H40IOPSi. The van der Waals surface area contributed by atoms with Gasteiger partial charge in [0.1, 0.15) is 23.2 Å². The quantitative estimate of drug-likeness (QED) is 0.198. The molecule has 0 N–H and O–H groups in total. The predicted octanol–water partition coefficient (Wildman–Crippen LogP) is 3.89. The molecule has 0 bridgehead atoms. The van der Waals surface area contributed by atoms with Gasteiger partial charge in [0.15, 0.2) is 8.32 Å². The first kappa shape index (κ1) is 28.2. The van der Waals surface area contributed by atoms with E-state index < -0.39 is 15.6 Å². The van der Waals surface area contributed by atoms with Gasteiger partial charge in [-0.2, -0.15) is 0 Å². The lowest BCUT2D eigenvalue weighted by molar-refractivity contribution is -0.00000847. The van der Waals surface area contributed by atoms with Crippen LogP contribution >= 0.6 is 7.26 Å². The molecule has 0 aliphatic carbocycles. The van der Waals surface area contributed by atoms with Crippen molar-refractivity contribution in [3.63, 3.8) is 0 Å². The normalized spacial score (nSPS) is 14.7. The van der Waals surface area contributed by atoms with Crippen molar-refractivity contribution in [3.05, 3.63) is 91.0 Å². The summed E-state index contributed by atoms with van der Waals surface area (Å²) in [5, 5.41) is 4.38. The summed E-state index contributed by atoms with van der Waals surface area (Å²) in [6, 6.07) is 33.7. The first-order chi connectivity index (χ1) is 15.3. The highest BCUT2D eigenvalue weighted by atomic mass is 127. The summed E-state index contributed by atoms with van der Waals surface area (Å²) in [5.74, 6) is 0.992. The average molecular weight is 591 g/mol. The van der Waals surface area contributed by atoms with Gasteiger partial charge in [-0.15, -0.1) is 0 Å². The first-order valence-electron chi connectivity index (χ1n) is 12.0. The van der Waals surface area contributed by atoms with Crippen LogP contribution in [0.1, 0.15) is 27.2 Å². The second-order valence-corrected chi connectivity index (χ2v) is 18.1. The number of hydrogen-bond acceptors (Lipinski definition) is 1. The van der Waals surface area contributed by atoms with Crippen molar-refractivity contribution in [1.82, 2.24) is 0 Å². The highest BCUT2D eigenvalue weighted by Gasteiger charge is 2.48. The molecule has 1 nitrogen and oxygen atoms in total. The fraction of sp³-hybridized carbons (Fsp3) is 0.379. The molecule has 0 fully saturated rings. The highest BCUT2D eigenvalue weighted by molar-refractivity contribution is 7.95. The third-order valence-electron chi connectivity index (χ3n) is 6.41. The Hall–Kier alpha value is -1.00. The summed E-state index contributed by atoms with van der Waals surface area (Å²) in [6.07, 6.45) is 2.54. The highest BCUT2D eigenvalue weighted by Crippen LogP contribution is 2.57. The smallest absolute Gasteiger partial charge is 0.184 e. The molecule has 0 spiro atoms. The zero-order valence-corrected chi connectivity index (χ0v) is 25.1. The number of benzene rings is 3. The number of hydrogen-bond donors (Lipinski definition) is 0. The van der Waals surface area contributed by atoms with Gasteiger partial charge < -0.3 is 28.4 Å². The Bertz CT molecular complexity index is 847. The van der Waals surface area contributed by atoms with Crippen LogP contribution in [-0.4, -0.2) is 20.6 Å². The minimum absolute atomic E-state index is 0. The van der Waals surface area contributed by atoms with Crippen molar-refractivity contribution >= 4 is 31.5 Å². The Labute approximate surface area is 220 Å². The third kappa shape index (κ3) is 7.00. The number of halogens is 1. The minimum atomic E-state index is -1.84. The molecule has 0 saturated heterocycles. The van der Waals surface area contributed by atoms with Gasteiger partial charge in [0, 0.05) is 5.92 Å². The molecule has 3 aromatic carbocycles. The Balaban J connectivity index is 0.00000385. The third-order valence-corrected chi connectivity index (χ3v) is 12.1. The van der Waals surface area contributed by atoms with E-state index in [2.05, 4.69) is 131 Å². The zero-order chi connectivity index (χ0) is 23.2. The summed E-state index contributed by atoms with van der Waals surface area (Å²) < 4.78 is 6.86. The van der Waals surface area contributed by atoms with Crippen molar-refractivity contribution in [2.75, 3.05) is 6.16 Å². The number of rotatable bonds is 10. The van der Waals surface area contributed by atoms with E-state index in [4.69, 9.17) is 4.43 Å². The second-order valence-electron chi connectivity index (χ2n) is 10.1. The Morgan fingerprint density at radius 2 is 1.03 bits per heavy atom. The lowest BCUT2D eigenvalue weighted by Gasteiger charge is -2.37.